The van der Waals surface area contributed by atoms with Gasteiger partial charge in [-0.25, -0.2) is 0 Å². The topological polar surface area (TPSA) is 98.3 Å². The molecule has 0 fully saturated rings. The Morgan fingerprint density at radius 2 is 2.15 bits per heavy atom. The standard InChI is InChI=1S/C14H21N3O3/c1-3-4-5-6-10(2)16-14(18)12-9-11(15)7-8-13(12)17(19)20/h7-10H,3-6,15H2,1-2H3,(H,16,18). The first-order valence-electron chi connectivity index (χ1n) is 6.80. The molecule has 0 spiro atoms. The number of carbonyl (C=O) groups is 1. The minimum Gasteiger partial charge on any atom is -0.399 e. The molecule has 0 aliphatic heterocycles. The summed E-state index contributed by atoms with van der Waals surface area (Å²) in [6.07, 6.45) is 4.10. The maximum absolute atomic E-state index is 12.1. The van der Waals surface area contributed by atoms with E-state index >= 15 is 0 Å². The van der Waals surface area contributed by atoms with Crippen molar-refractivity contribution >= 4 is 17.3 Å². The summed E-state index contributed by atoms with van der Waals surface area (Å²) in [4.78, 5) is 22.4. The van der Waals surface area contributed by atoms with E-state index in [1.54, 1.807) is 0 Å². The van der Waals surface area contributed by atoms with E-state index in [1.807, 2.05) is 6.92 Å². The Morgan fingerprint density at radius 1 is 1.45 bits per heavy atom. The molecule has 1 rings (SSSR count). The van der Waals surface area contributed by atoms with Crippen LogP contribution in [0.15, 0.2) is 18.2 Å². The molecule has 1 unspecified atom stereocenters. The molecule has 1 amide bonds. The number of anilines is 1. The molecule has 0 bridgehead atoms. The van der Waals surface area contributed by atoms with Crippen molar-refractivity contribution in [1.29, 1.82) is 0 Å². The molecule has 0 aromatic heterocycles. The van der Waals surface area contributed by atoms with Crippen LogP contribution < -0.4 is 11.1 Å². The summed E-state index contributed by atoms with van der Waals surface area (Å²) in [5.41, 5.74) is 5.71. The first kappa shape index (κ1) is 15.9. The molecule has 0 saturated carbocycles. The van der Waals surface area contributed by atoms with E-state index in [2.05, 4.69) is 12.2 Å². The van der Waals surface area contributed by atoms with Crippen LogP contribution in [-0.4, -0.2) is 16.9 Å². The number of hydrogen-bond donors (Lipinski definition) is 2. The first-order chi connectivity index (χ1) is 9.45. The van der Waals surface area contributed by atoms with E-state index in [1.165, 1.54) is 18.2 Å². The predicted molar refractivity (Wildman–Crippen MR) is 78.6 cm³/mol. The molecular weight excluding hydrogens is 258 g/mol. The number of nitro groups is 1. The second kappa shape index (κ2) is 7.47. The second-order valence-electron chi connectivity index (χ2n) is 4.90. The van der Waals surface area contributed by atoms with E-state index < -0.39 is 10.8 Å². The number of nitro benzene ring substituents is 1. The summed E-state index contributed by atoms with van der Waals surface area (Å²) >= 11 is 0. The van der Waals surface area contributed by atoms with Crippen LogP contribution in [0.25, 0.3) is 0 Å². The third-order valence-electron chi connectivity index (χ3n) is 3.08. The lowest BCUT2D eigenvalue weighted by molar-refractivity contribution is -0.385. The number of rotatable bonds is 7. The molecule has 6 nitrogen and oxygen atoms in total. The number of benzene rings is 1. The Morgan fingerprint density at radius 3 is 2.75 bits per heavy atom. The number of nitrogen functional groups attached to an aromatic ring is 1. The van der Waals surface area contributed by atoms with Crippen molar-refractivity contribution in [1.82, 2.24) is 5.32 Å². The van der Waals surface area contributed by atoms with Gasteiger partial charge in [0.1, 0.15) is 5.56 Å². The number of carbonyl (C=O) groups excluding carboxylic acids is 1. The Hall–Kier alpha value is -2.11. The van der Waals surface area contributed by atoms with Crippen LogP contribution in [0, 0.1) is 10.1 Å². The van der Waals surface area contributed by atoms with Crippen molar-refractivity contribution in [2.45, 2.75) is 45.6 Å². The first-order valence-corrected chi connectivity index (χ1v) is 6.80. The summed E-state index contributed by atoms with van der Waals surface area (Å²) in [5, 5.41) is 13.7. The summed E-state index contributed by atoms with van der Waals surface area (Å²) in [6, 6.07) is 3.99. The Labute approximate surface area is 118 Å². The smallest absolute Gasteiger partial charge is 0.282 e. The fourth-order valence-electron chi connectivity index (χ4n) is 1.97. The third kappa shape index (κ3) is 4.53. The van der Waals surface area contributed by atoms with Crippen LogP contribution in [-0.2, 0) is 0 Å². The highest BCUT2D eigenvalue weighted by Gasteiger charge is 2.21. The van der Waals surface area contributed by atoms with Crippen molar-refractivity contribution in [3.63, 3.8) is 0 Å². The maximum atomic E-state index is 12.1. The largest absolute Gasteiger partial charge is 0.399 e. The summed E-state index contributed by atoms with van der Waals surface area (Å²) in [5.74, 6) is -0.451. The number of nitrogens with one attached hydrogen (secondary N) is 1. The minimum absolute atomic E-state index is 0.0114. The van der Waals surface area contributed by atoms with Crippen LogP contribution in [0.2, 0.25) is 0 Å². The van der Waals surface area contributed by atoms with Gasteiger partial charge in [-0.05, 0) is 25.5 Å². The van der Waals surface area contributed by atoms with Gasteiger partial charge in [0.25, 0.3) is 11.6 Å². The highest BCUT2D eigenvalue weighted by Crippen LogP contribution is 2.21. The molecule has 1 atom stereocenters. The molecule has 0 radical (unpaired) electrons. The van der Waals surface area contributed by atoms with Crippen molar-refractivity contribution in [2.75, 3.05) is 5.73 Å². The average Bonchev–Trinajstić information content (AvgIpc) is 2.38. The highest BCUT2D eigenvalue weighted by molar-refractivity contribution is 5.99. The Balaban J connectivity index is 2.76. The monoisotopic (exact) mass is 279 g/mol. The SMILES string of the molecule is CCCCCC(C)NC(=O)c1cc(N)ccc1[N+](=O)[O-]. The van der Waals surface area contributed by atoms with Crippen molar-refractivity contribution in [3.05, 3.63) is 33.9 Å². The number of unbranched alkanes of at least 4 members (excludes halogenated alkanes) is 2. The Kier molecular flexibility index (Phi) is 5.96. The fraction of sp³-hybridized carbons (Fsp3) is 0.500. The van der Waals surface area contributed by atoms with Crippen LogP contribution in [0.5, 0.6) is 0 Å². The number of nitrogens with two attached hydrogens (primary N) is 1. The van der Waals surface area contributed by atoms with Crippen molar-refractivity contribution in [3.8, 4) is 0 Å². The third-order valence-corrected chi connectivity index (χ3v) is 3.08. The van der Waals surface area contributed by atoms with Gasteiger partial charge >= 0.3 is 0 Å². The molecule has 6 heteroatoms. The van der Waals surface area contributed by atoms with Crippen LogP contribution >= 0.6 is 0 Å². The average molecular weight is 279 g/mol. The van der Waals surface area contributed by atoms with Gasteiger partial charge in [-0.15, -0.1) is 0 Å². The molecule has 1 aromatic rings. The zero-order valence-electron chi connectivity index (χ0n) is 11.9. The summed E-state index contributed by atoms with van der Waals surface area (Å²) in [6.45, 7) is 4.01. The number of nitrogens with zero attached hydrogens (tertiary/aromatic N) is 1. The van der Waals surface area contributed by atoms with Crippen LogP contribution in [0.3, 0.4) is 0 Å². The van der Waals surface area contributed by atoms with E-state index in [-0.39, 0.29) is 17.3 Å². The van der Waals surface area contributed by atoms with E-state index in [0.29, 0.717) is 5.69 Å². The van der Waals surface area contributed by atoms with Gasteiger partial charge in [0.15, 0.2) is 0 Å². The van der Waals surface area contributed by atoms with Gasteiger partial charge in [-0.2, -0.15) is 0 Å². The van der Waals surface area contributed by atoms with Gasteiger partial charge in [0, 0.05) is 17.8 Å². The van der Waals surface area contributed by atoms with Crippen molar-refractivity contribution < 1.29 is 9.72 Å². The molecule has 3 N–H and O–H groups in total. The zero-order chi connectivity index (χ0) is 15.1. The van der Waals surface area contributed by atoms with Gasteiger partial charge in [-0.3, -0.25) is 14.9 Å². The zero-order valence-corrected chi connectivity index (χ0v) is 11.9. The van der Waals surface area contributed by atoms with Gasteiger partial charge < -0.3 is 11.1 Å². The maximum Gasteiger partial charge on any atom is 0.282 e. The van der Waals surface area contributed by atoms with Crippen molar-refractivity contribution in [2.24, 2.45) is 0 Å². The van der Waals surface area contributed by atoms with E-state index in [4.69, 9.17) is 5.73 Å². The lowest BCUT2D eigenvalue weighted by atomic mass is 10.1. The second-order valence-corrected chi connectivity index (χ2v) is 4.90. The molecular formula is C14H21N3O3. The number of amides is 1. The van der Waals surface area contributed by atoms with Gasteiger partial charge in [-0.1, -0.05) is 26.2 Å². The normalized spacial score (nSPS) is 11.9. The molecule has 110 valence electrons. The van der Waals surface area contributed by atoms with E-state index in [9.17, 15) is 14.9 Å². The molecule has 20 heavy (non-hydrogen) atoms. The summed E-state index contributed by atoms with van der Waals surface area (Å²) in [7, 11) is 0. The lowest BCUT2D eigenvalue weighted by Gasteiger charge is -2.13. The van der Waals surface area contributed by atoms with Crippen LogP contribution in [0.1, 0.15) is 49.9 Å². The summed E-state index contributed by atoms with van der Waals surface area (Å²) < 4.78 is 0. The molecule has 1 aromatic carbocycles. The van der Waals surface area contributed by atoms with Gasteiger partial charge in [0.2, 0.25) is 0 Å². The van der Waals surface area contributed by atoms with Gasteiger partial charge in [0.05, 0.1) is 4.92 Å². The van der Waals surface area contributed by atoms with Crippen LogP contribution in [0.4, 0.5) is 11.4 Å². The molecule has 0 aliphatic rings. The Bertz CT molecular complexity index is 489. The predicted octanol–water partition coefficient (Wildman–Crippen LogP) is 2.88. The molecule has 0 saturated heterocycles. The van der Waals surface area contributed by atoms with E-state index in [0.717, 1.165) is 25.7 Å². The minimum atomic E-state index is -0.573. The highest BCUT2D eigenvalue weighted by atomic mass is 16.6. The number of hydrogen-bond acceptors (Lipinski definition) is 4. The fourth-order valence-corrected chi connectivity index (χ4v) is 1.97. The molecule has 0 aliphatic carbocycles. The lowest BCUT2D eigenvalue weighted by Crippen LogP contribution is -2.33. The quantitative estimate of drug-likeness (QED) is 0.347. The molecule has 0 heterocycles.